The van der Waals surface area contributed by atoms with E-state index in [0.717, 1.165) is 45.2 Å². The Morgan fingerprint density at radius 1 is 1.15 bits per heavy atom. The Bertz CT molecular complexity index is 891. The lowest BCUT2D eigenvalue weighted by Crippen LogP contribution is -2.38. The Balaban J connectivity index is 1.40. The predicted octanol–water partition coefficient (Wildman–Crippen LogP) is 0.992. The lowest BCUT2D eigenvalue weighted by Gasteiger charge is -2.26. The first-order chi connectivity index (χ1) is 13.2. The molecule has 27 heavy (non-hydrogen) atoms. The molecule has 0 aromatic carbocycles. The van der Waals surface area contributed by atoms with Crippen LogP contribution in [-0.2, 0) is 18.3 Å². The predicted molar refractivity (Wildman–Crippen MR) is 100.0 cm³/mol. The van der Waals surface area contributed by atoms with Crippen LogP contribution in [0.15, 0.2) is 43.1 Å². The van der Waals surface area contributed by atoms with Crippen molar-refractivity contribution in [3.63, 3.8) is 0 Å². The van der Waals surface area contributed by atoms with Gasteiger partial charge in [0.1, 0.15) is 11.4 Å². The van der Waals surface area contributed by atoms with Crippen molar-refractivity contribution in [3.05, 3.63) is 48.7 Å². The fourth-order valence-corrected chi connectivity index (χ4v) is 3.19. The fraction of sp³-hybridized carbons (Fsp3) is 0.389. The molecule has 1 saturated heterocycles. The molecule has 1 aliphatic heterocycles. The maximum atomic E-state index is 12.7. The first-order valence-corrected chi connectivity index (χ1v) is 9.00. The SMILES string of the molecule is Cn1ncc(C(=O)Nc2cnn(CCN3CCOCC3)c2)c1-n1cccc1. The smallest absolute Gasteiger partial charge is 0.261 e. The summed E-state index contributed by atoms with van der Waals surface area (Å²) in [6.07, 6.45) is 8.87. The highest BCUT2D eigenvalue weighted by atomic mass is 16.5. The number of ether oxygens (including phenoxy) is 1. The molecule has 142 valence electrons. The lowest BCUT2D eigenvalue weighted by molar-refractivity contribution is 0.0360. The number of rotatable bonds is 6. The van der Waals surface area contributed by atoms with Crippen LogP contribution in [0.2, 0.25) is 0 Å². The van der Waals surface area contributed by atoms with E-state index in [0.29, 0.717) is 11.3 Å². The molecule has 0 bridgehead atoms. The molecule has 9 nitrogen and oxygen atoms in total. The largest absolute Gasteiger partial charge is 0.379 e. The average Bonchev–Trinajstić information content (AvgIpc) is 3.41. The number of aryl methyl sites for hydroxylation is 1. The molecular weight excluding hydrogens is 346 g/mol. The summed E-state index contributed by atoms with van der Waals surface area (Å²) in [4.78, 5) is 15.1. The highest BCUT2D eigenvalue weighted by molar-refractivity contribution is 6.06. The van der Waals surface area contributed by atoms with Crippen LogP contribution in [0.25, 0.3) is 5.82 Å². The summed E-state index contributed by atoms with van der Waals surface area (Å²) in [7, 11) is 1.82. The average molecular weight is 369 g/mol. The van der Waals surface area contributed by atoms with Crippen molar-refractivity contribution in [1.82, 2.24) is 29.0 Å². The molecule has 4 heterocycles. The maximum absolute atomic E-state index is 12.7. The number of carbonyl (C=O) groups is 1. The van der Waals surface area contributed by atoms with Gasteiger partial charge in [-0.3, -0.25) is 19.1 Å². The normalized spacial score (nSPS) is 15.1. The van der Waals surface area contributed by atoms with Gasteiger partial charge in [0.2, 0.25) is 0 Å². The van der Waals surface area contributed by atoms with E-state index in [1.165, 1.54) is 0 Å². The second kappa shape index (κ2) is 7.77. The van der Waals surface area contributed by atoms with Gasteiger partial charge in [-0.1, -0.05) is 0 Å². The lowest BCUT2D eigenvalue weighted by atomic mass is 10.3. The van der Waals surface area contributed by atoms with Crippen LogP contribution in [-0.4, -0.2) is 67.8 Å². The number of anilines is 1. The van der Waals surface area contributed by atoms with Gasteiger partial charge < -0.3 is 14.6 Å². The Morgan fingerprint density at radius 3 is 2.70 bits per heavy atom. The molecule has 1 N–H and O–H groups in total. The second-order valence-corrected chi connectivity index (χ2v) is 6.50. The number of aromatic nitrogens is 5. The summed E-state index contributed by atoms with van der Waals surface area (Å²) in [5.41, 5.74) is 1.18. The highest BCUT2D eigenvalue weighted by Crippen LogP contribution is 2.16. The summed E-state index contributed by atoms with van der Waals surface area (Å²) in [5, 5.41) is 11.5. The van der Waals surface area contributed by atoms with E-state index in [1.54, 1.807) is 17.1 Å². The van der Waals surface area contributed by atoms with E-state index >= 15 is 0 Å². The molecule has 3 aromatic rings. The molecule has 0 unspecified atom stereocenters. The molecule has 0 saturated carbocycles. The van der Waals surface area contributed by atoms with Gasteiger partial charge >= 0.3 is 0 Å². The first-order valence-electron chi connectivity index (χ1n) is 9.00. The van der Waals surface area contributed by atoms with E-state index in [4.69, 9.17) is 4.74 Å². The Morgan fingerprint density at radius 2 is 1.93 bits per heavy atom. The zero-order valence-corrected chi connectivity index (χ0v) is 15.3. The number of hydrogen-bond donors (Lipinski definition) is 1. The highest BCUT2D eigenvalue weighted by Gasteiger charge is 2.18. The van der Waals surface area contributed by atoms with E-state index in [9.17, 15) is 4.79 Å². The van der Waals surface area contributed by atoms with Crippen LogP contribution < -0.4 is 5.32 Å². The van der Waals surface area contributed by atoms with Crippen LogP contribution in [0.3, 0.4) is 0 Å². The van der Waals surface area contributed by atoms with E-state index in [2.05, 4.69) is 20.4 Å². The van der Waals surface area contributed by atoms with Crippen molar-refractivity contribution in [2.45, 2.75) is 6.54 Å². The third kappa shape index (κ3) is 3.93. The number of nitrogens with one attached hydrogen (secondary N) is 1. The number of nitrogens with zero attached hydrogens (tertiary/aromatic N) is 6. The van der Waals surface area contributed by atoms with E-state index in [1.807, 2.05) is 47.0 Å². The summed E-state index contributed by atoms with van der Waals surface area (Å²) in [5.74, 6) is 0.511. The minimum absolute atomic E-state index is 0.209. The Hall–Kier alpha value is -2.91. The fourth-order valence-electron chi connectivity index (χ4n) is 3.19. The van der Waals surface area contributed by atoms with Crippen LogP contribution in [0.5, 0.6) is 0 Å². The summed E-state index contributed by atoms with van der Waals surface area (Å²) in [6, 6.07) is 3.82. The van der Waals surface area contributed by atoms with Gasteiger partial charge in [-0.15, -0.1) is 0 Å². The third-order valence-electron chi connectivity index (χ3n) is 4.64. The van der Waals surface area contributed by atoms with Crippen molar-refractivity contribution < 1.29 is 9.53 Å². The quantitative estimate of drug-likeness (QED) is 0.701. The number of morpholine rings is 1. The van der Waals surface area contributed by atoms with Crippen LogP contribution in [0.1, 0.15) is 10.4 Å². The van der Waals surface area contributed by atoms with Gasteiger partial charge in [0, 0.05) is 45.3 Å². The Kier molecular flexibility index (Phi) is 5.03. The molecule has 0 spiro atoms. The molecule has 1 aliphatic rings. The Labute approximate surface area is 157 Å². The van der Waals surface area contributed by atoms with Crippen molar-refractivity contribution >= 4 is 11.6 Å². The van der Waals surface area contributed by atoms with Crippen molar-refractivity contribution in [2.75, 3.05) is 38.2 Å². The molecule has 1 amide bonds. The van der Waals surface area contributed by atoms with Gasteiger partial charge in [0.25, 0.3) is 5.91 Å². The minimum atomic E-state index is -0.209. The second-order valence-electron chi connectivity index (χ2n) is 6.50. The van der Waals surface area contributed by atoms with Gasteiger partial charge in [-0.25, -0.2) is 0 Å². The number of carbonyl (C=O) groups excluding carboxylic acids is 1. The van der Waals surface area contributed by atoms with Crippen molar-refractivity contribution in [1.29, 1.82) is 0 Å². The van der Waals surface area contributed by atoms with Crippen molar-refractivity contribution in [2.24, 2.45) is 7.05 Å². The van der Waals surface area contributed by atoms with Crippen molar-refractivity contribution in [3.8, 4) is 5.82 Å². The van der Waals surface area contributed by atoms with E-state index < -0.39 is 0 Å². The molecule has 0 atom stereocenters. The van der Waals surface area contributed by atoms with Crippen LogP contribution >= 0.6 is 0 Å². The summed E-state index contributed by atoms with van der Waals surface area (Å²) >= 11 is 0. The molecule has 1 fully saturated rings. The topological polar surface area (TPSA) is 82.1 Å². The molecule has 4 rings (SSSR count). The summed E-state index contributed by atoms with van der Waals surface area (Å²) in [6.45, 7) is 5.17. The standard InChI is InChI=1S/C18H23N7O2/c1-22-18(24-4-2-3-5-24)16(13-19-22)17(26)21-15-12-20-25(14-15)7-6-23-8-10-27-11-9-23/h2-5,12-14H,6-11H2,1H3,(H,21,26). The van der Waals surface area contributed by atoms with Gasteiger partial charge in [0.05, 0.1) is 37.8 Å². The summed E-state index contributed by atoms with van der Waals surface area (Å²) < 4.78 is 10.8. The molecule has 9 heteroatoms. The number of hydrogen-bond acceptors (Lipinski definition) is 5. The maximum Gasteiger partial charge on any atom is 0.261 e. The van der Waals surface area contributed by atoms with Crippen LogP contribution in [0, 0.1) is 0 Å². The minimum Gasteiger partial charge on any atom is -0.379 e. The zero-order chi connectivity index (χ0) is 18.6. The molecule has 0 aliphatic carbocycles. The van der Waals surface area contributed by atoms with Gasteiger partial charge in [-0.05, 0) is 12.1 Å². The van der Waals surface area contributed by atoms with Gasteiger partial charge in [0.15, 0.2) is 0 Å². The third-order valence-corrected chi connectivity index (χ3v) is 4.64. The molecule has 3 aromatic heterocycles. The van der Waals surface area contributed by atoms with Crippen LogP contribution in [0.4, 0.5) is 5.69 Å². The van der Waals surface area contributed by atoms with E-state index in [-0.39, 0.29) is 5.91 Å². The molecular formula is C18H23N7O2. The monoisotopic (exact) mass is 369 g/mol. The number of amides is 1. The first kappa shape index (κ1) is 17.5. The zero-order valence-electron chi connectivity index (χ0n) is 15.3. The molecule has 0 radical (unpaired) electrons. The van der Waals surface area contributed by atoms with Gasteiger partial charge in [-0.2, -0.15) is 10.2 Å².